The number of rotatable bonds is 9. The third-order valence-electron chi connectivity index (χ3n) is 2.62. The summed E-state index contributed by atoms with van der Waals surface area (Å²) in [6, 6.07) is -4.01. The van der Waals surface area contributed by atoms with Crippen LogP contribution in [0.4, 0.5) is 0 Å². The molecule has 3 amide bonds. The Morgan fingerprint density at radius 3 is 2.09 bits per heavy atom. The molecule has 0 unspecified atom stereocenters. The molecule has 126 valence electrons. The summed E-state index contributed by atoms with van der Waals surface area (Å²) in [7, 11) is 0. The van der Waals surface area contributed by atoms with Crippen LogP contribution in [0, 0.1) is 0 Å². The van der Waals surface area contributed by atoms with E-state index in [0.717, 1.165) is 0 Å². The minimum atomic E-state index is -1.57. The molecule has 10 nitrogen and oxygen atoms in total. The van der Waals surface area contributed by atoms with Gasteiger partial charge in [-0.15, -0.1) is 0 Å². The first-order valence-electron chi connectivity index (χ1n) is 6.26. The van der Waals surface area contributed by atoms with Crippen molar-refractivity contribution in [2.45, 2.75) is 37.6 Å². The highest BCUT2D eigenvalue weighted by Crippen LogP contribution is 1.99. The second-order valence-corrected chi connectivity index (χ2v) is 4.95. The number of carboxylic acids is 1. The fourth-order valence-electron chi connectivity index (χ4n) is 1.41. The van der Waals surface area contributed by atoms with Gasteiger partial charge >= 0.3 is 5.97 Å². The van der Waals surface area contributed by atoms with Crippen molar-refractivity contribution in [3.63, 3.8) is 0 Å². The summed E-state index contributed by atoms with van der Waals surface area (Å²) in [4.78, 5) is 45.3. The van der Waals surface area contributed by atoms with Crippen LogP contribution in [0.1, 0.15) is 13.3 Å². The van der Waals surface area contributed by atoms with Gasteiger partial charge in [-0.2, -0.15) is 12.6 Å². The molecule has 11 heteroatoms. The number of hydrogen-bond donors (Lipinski definition) is 7. The fraction of sp³-hybridized carbons (Fsp3) is 0.636. The summed E-state index contributed by atoms with van der Waals surface area (Å²) in [6.07, 6.45) is -1.95. The highest BCUT2D eigenvalue weighted by molar-refractivity contribution is 7.80. The van der Waals surface area contributed by atoms with Crippen LogP contribution < -0.4 is 22.1 Å². The molecule has 4 atom stereocenters. The molecule has 0 aliphatic rings. The molecule has 0 aromatic rings. The monoisotopic (exact) mass is 336 g/mol. The normalized spacial score (nSPS) is 16.0. The largest absolute Gasteiger partial charge is 0.480 e. The van der Waals surface area contributed by atoms with Crippen LogP contribution in [-0.2, 0) is 19.2 Å². The standard InChI is InChI=1S/C11H20N4O6S/c1-4(16)8(15-9(18)5(12)3-22)10(19)14-6(11(20)21)2-7(13)17/h4-6,8,16,22H,2-3,12H2,1H3,(H2,13,17)(H,14,19)(H,15,18)(H,20,21)/t4-,5+,6+,8+/m1/s1. The number of amides is 3. The van der Waals surface area contributed by atoms with E-state index in [1.165, 1.54) is 6.92 Å². The Hall–Kier alpha value is -1.85. The van der Waals surface area contributed by atoms with Crippen LogP contribution in [0.2, 0.25) is 0 Å². The first-order valence-corrected chi connectivity index (χ1v) is 6.89. The van der Waals surface area contributed by atoms with Gasteiger partial charge < -0.3 is 32.3 Å². The van der Waals surface area contributed by atoms with E-state index in [4.69, 9.17) is 16.6 Å². The van der Waals surface area contributed by atoms with Crippen LogP contribution in [-0.4, -0.2) is 63.9 Å². The Morgan fingerprint density at radius 2 is 1.73 bits per heavy atom. The van der Waals surface area contributed by atoms with Gasteiger partial charge in [-0.25, -0.2) is 4.79 Å². The summed E-state index contributed by atoms with van der Waals surface area (Å²) >= 11 is 3.82. The predicted molar refractivity (Wildman–Crippen MR) is 78.8 cm³/mol. The van der Waals surface area contributed by atoms with Crippen molar-refractivity contribution < 1.29 is 29.4 Å². The molecule has 0 radical (unpaired) electrons. The van der Waals surface area contributed by atoms with Crippen molar-refractivity contribution in [3.05, 3.63) is 0 Å². The van der Waals surface area contributed by atoms with E-state index >= 15 is 0 Å². The molecule has 0 saturated heterocycles. The Morgan fingerprint density at radius 1 is 1.18 bits per heavy atom. The minimum absolute atomic E-state index is 0.0133. The second-order valence-electron chi connectivity index (χ2n) is 4.59. The van der Waals surface area contributed by atoms with E-state index in [9.17, 15) is 24.3 Å². The molecule has 0 fully saturated rings. The minimum Gasteiger partial charge on any atom is -0.480 e. The number of carbonyl (C=O) groups is 4. The number of aliphatic hydroxyl groups is 1. The van der Waals surface area contributed by atoms with E-state index in [0.29, 0.717) is 0 Å². The maximum atomic E-state index is 12.0. The van der Waals surface area contributed by atoms with Crippen LogP contribution in [0.25, 0.3) is 0 Å². The topological polar surface area (TPSA) is 185 Å². The van der Waals surface area contributed by atoms with Gasteiger partial charge in [-0.05, 0) is 6.92 Å². The van der Waals surface area contributed by atoms with Crippen LogP contribution >= 0.6 is 12.6 Å². The number of nitrogens with one attached hydrogen (secondary N) is 2. The average Bonchev–Trinajstić information content (AvgIpc) is 2.41. The number of aliphatic carboxylic acids is 1. The number of thiol groups is 1. The van der Waals surface area contributed by atoms with Crippen molar-refractivity contribution in [1.82, 2.24) is 10.6 Å². The van der Waals surface area contributed by atoms with E-state index < -0.39 is 54.3 Å². The summed E-state index contributed by atoms with van der Waals surface area (Å²) < 4.78 is 0. The number of carbonyl (C=O) groups excluding carboxylic acids is 3. The second kappa shape index (κ2) is 9.23. The third kappa shape index (κ3) is 6.74. The Kier molecular flexibility index (Phi) is 8.45. The molecule has 0 rings (SSSR count). The number of aliphatic hydroxyl groups excluding tert-OH is 1. The van der Waals surface area contributed by atoms with Crippen LogP contribution in [0.5, 0.6) is 0 Å². The molecule has 0 aliphatic heterocycles. The SMILES string of the molecule is C[C@@H](O)[C@H](NC(=O)[C@@H](N)CS)C(=O)N[C@@H](CC(N)=O)C(=O)O. The zero-order valence-corrected chi connectivity index (χ0v) is 12.7. The Labute approximate surface area is 132 Å². The Balaban J connectivity index is 4.95. The lowest BCUT2D eigenvalue weighted by Gasteiger charge is -2.24. The fourth-order valence-corrected chi connectivity index (χ4v) is 1.58. The zero-order chi connectivity index (χ0) is 17.4. The van der Waals surface area contributed by atoms with Gasteiger partial charge in [0, 0.05) is 5.75 Å². The summed E-state index contributed by atoms with van der Waals surface area (Å²) in [5, 5.41) is 22.6. The smallest absolute Gasteiger partial charge is 0.326 e. The van der Waals surface area contributed by atoms with E-state index in [1.54, 1.807) is 0 Å². The van der Waals surface area contributed by atoms with Gasteiger partial charge in [0.25, 0.3) is 0 Å². The van der Waals surface area contributed by atoms with Crippen LogP contribution in [0.3, 0.4) is 0 Å². The zero-order valence-electron chi connectivity index (χ0n) is 11.9. The number of hydrogen-bond acceptors (Lipinski definition) is 7. The summed E-state index contributed by atoms with van der Waals surface area (Å²) in [6.45, 7) is 1.22. The predicted octanol–water partition coefficient (Wildman–Crippen LogP) is -3.45. The third-order valence-corrected chi connectivity index (χ3v) is 3.01. The molecule has 0 saturated carbocycles. The lowest BCUT2D eigenvalue weighted by Crippen LogP contribution is -2.58. The molecular formula is C11H20N4O6S. The lowest BCUT2D eigenvalue weighted by atomic mass is 10.1. The van der Waals surface area contributed by atoms with E-state index in [1.807, 2.05) is 5.32 Å². The molecule has 0 aliphatic carbocycles. The highest BCUT2D eigenvalue weighted by atomic mass is 32.1. The van der Waals surface area contributed by atoms with Crippen molar-refractivity contribution in [2.75, 3.05) is 5.75 Å². The maximum Gasteiger partial charge on any atom is 0.326 e. The van der Waals surface area contributed by atoms with Crippen molar-refractivity contribution in [2.24, 2.45) is 11.5 Å². The molecule has 0 heterocycles. The van der Waals surface area contributed by atoms with Gasteiger partial charge in [0.05, 0.1) is 18.6 Å². The lowest BCUT2D eigenvalue weighted by molar-refractivity contribution is -0.144. The average molecular weight is 336 g/mol. The van der Waals surface area contributed by atoms with Crippen molar-refractivity contribution in [1.29, 1.82) is 0 Å². The summed E-state index contributed by atoms with van der Waals surface area (Å²) in [5.74, 6) is -4.11. The maximum absolute atomic E-state index is 12.0. The van der Waals surface area contributed by atoms with Crippen molar-refractivity contribution >= 4 is 36.3 Å². The first kappa shape index (κ1) is 20.1. The first-order chi connectivity index (χ1) is 10.1. The molecule has 0 spiro atoms. The van der Waals surface area contributed by atoms with Gasteiger partial charge in [0.2, 0.25) is 17.7 Å². The number of nitrogens with two attached hydrogens (primary N) is 2. The molecule has 0 bridgehead atoms. The summed E-state index contributed by atoms with van der Waals surface area (Å²) in [5.41, 5.74) is 10.3. The molecule has 0 aromatic carbocycles. The number of carboxylic acid groups (broad SMARTS) is 1. The van der Waals surface area contributed by atoms with E-state index in [-0.39, 0.29) is 5.75 Å². The molecule has 0 aromatic heterocycles. The highest BCUT2D eigenvalue weighted by Gasteiger charge is 2.31. The molecule has 22 heavy (non-hydrogen) atoms. The van der Waals surface area contributed by atoms with Gasteiger partial charge in [0.1, 0.15) is 12.1 Å². The van der Waals surface area contributed by atoms with Gasteiger partial charge in [-0.3, -0.25) is 14.4 Å². The van der Waals surface area contributed by atoms with Gasteiger partial charge in [0.15, 0.2) is 0 Å². The Bertz CT molecular complexity index is 444. The van der Waals surface area contributed by atoms with E-state index in [2.05, 4.69) is 17.9 Å². The van der Waals surface area contributed by atoms with Crippen molar-refractivity contribution in [3.8, 4) is 0 Å². The number of primary amides is 1. The van der Waals surface area contributed by atoms with Crippen LogP contribution in [0.15, 0.2) is 0 Å². The quantitative estimate of drug-likeness (QED) is 0.213. The van der Waals surface area contributed by atoms with Gasteiger partial charge in [-0.1, -0.05) is 0 Å². The molecular weight excluding hydrogens is 316 g/mol. The molecule has 8 N–H and O–H groups in total.